The highest BCUT2D eigenvalue weighted by Crippen LogP contribution is 2.26. The molecule has 0 spiro atoms. The van der Waals surface area contributed by atoms with Crippen LogP contribution < -0.4 is 14.4 Å². The van der Waals surface area contributed by atoms with E-state index in [2.05, 4.69) is 9.62 Å². The van der Waals surface area contributed by atoms with Crippen LogP contribution in [0, 0.1) is 0 Å². The number of hydrogen-bond donors (Lipinski definition) is 1. The van der Waals surface area contributed by atoms with Gasteiger partial charge in [0.25, 0.3) is 5.91 Å². The van der Waals surface area contributed by atoms with Crippen LogP contribution in [-0.2, 0) is 10.0 Å². The summed E-state index contributed by atoms with van der Waals surface area (Å²) in [6.45, 7) is 5.87. The Morgan fingerprint density at radius 2 is 1.80 bits per heavy atom. The lowest BCUT2D eigenvalue weighted by Crippen LogP contribution is -2.48. The van der Waals surface area contributed by atoms with Crippen molar-refractivity contribution in [3.8, 4) is 5.75 Å². The number of carbonyl (C=O) groups is 1. The minimum absolute atomic E-state index is 0.0397. The number of sulfonamides is 1. The van der Waals surface area contributed by atoms with E-state index in [0.29, 0.717) is 36.8 Å². The smallest absolute Gasteiger partial charge is 0.254 e. The van der Waals surface area contributed by atoms with Gasteiger partial charge < -0.3 is 14.5 Å². The first kappa shape index (κ1) is 22.4. The Kier molecular flexibility index (Phi) is 6.90. The molecular weight excluding hydrogens is 426 g/mol. The molecule has 1 saturated heterocycles. The summed E-state index contributed by atoms with van der Waals surface area (Å²) in [6.07, 6.45) is 0. The zero-order chi connectivity index (χ0) is 21.9. The maximum atomic E-state index is 13.0. The third-order valence-corrected chi connectivity index (χ3v) is 6.75. The molecule has 2 aromatic rings. The topological polar surface area (TPSA) is 79.0 Å². The van der Waals surface area contributed by atoms with Crippen molar-refractivity contribution < 1.29 is 17.9 Å². The molecule has 1 aliphatic heterocycles. The van der Waals surface area contributed by atoms with E-state index in [4.69, 9.17) is 16.3 Å². The van der Waals surface area contributed by atoms with Crippen LogP contribution in [0.1, 0.15) is 24.2 Å². The molecular formula is C21H26ClN3O4S. The Morgan fingerprint density at radius 3 is 2.40 bits per heavy atom. The molecule has 1 aliphatic rings. The van der Waals surface area contributed by atoms with Crippen LogP contribution in [-0.4, -0.2) is 58.6 Å². The number of piperazine rings is 1. The molecule has 1 heterocycles. The summed E-state index contributed by atoms with van der Waals surface area (Å²) in [4.78, 5) is 16.9. The summed E-state index contributed by atoms with van der Waals surface area (Å²) in [5, 5.41) is 0.674. The second-order valence-corrected chi connectivity index (χ2v) is 9.52. The number of rotatable bonds is 6. The van der Waals surface area contributed by atoms with Crippen LogP contribution >= 0.6 is 11.6 Å². The van der Waals surface area contributed by atoms with Gasteiger partial charge in [0.1, 0.15) is 10.6 Å². The quantitative estimate of drug-likeness (QED) is 0.730. The Labute approximate surface area is 182 Å². The van der Waals surface area contributed by atoms with Gasteiger partial charge in [0, 0.05) is 48.5 Å². The number of carbonyl (C=O) groups excluding carboxylic acids is 1. The van der Waals surface area contributed by atoms with Gasteiger partial charge in [-0.25, -0.2) is 13.1 Å². The van der Waals surface area contributed by atoms with Gasteiger partial charge in [0.15, 0.2) is 0 Å². The second-order valence-electron chi connectivity index (χ2n) is 7.40. The van der Waals surface area contributed by atoms with Gasteiger partial charge in [-0.2, -0.15) is 0 Å². The number of hydrogen-bond acceptors (Lipinski definition) is 5. The molecule has 0 unspecified atom stereocenters. The number of nitrogens with one attached hydrogen (secondary N) is 1. The number of amides is 1. The molecule has 3 rings (SSSR count). The molecule has 2 aromatic carbocycles. The van der Waals surface area contributed by atoms with Crippen molar-refractivity contribution in [2.75, 3.05) is 38.2 Å². The van der Waals surface area contributed by atoms with Crippen molar-refractivity contribution in [2.24, 2.45) is 0 Å². The lowest BCUT2D eigenvalue weighted by Gasteiger charge is -2.36. The van der Waals surface area contributed by atoms with E-state index in [0.717, 1.165) is 5.69 Å². The lowest BCUT2D eigenvalue weighted by atomic mass is 10.1. The van der Waals surface area contributed by atoms with Gasteiger partial charge in [0.2, 0.25) is 10.0 Å². The molecule has 1 amide bonds. The van der Waals surface area contributed by atoms with E-state index in [1.54, 1.807) is 24.8 Å². The fraction of sp³-hybridized carbons (Fsp3) is 0.381. The van der Waals surface area contributed by atoms with Crippen molar-refractivity contribution in [1.29, 1.82) is 0 Å². The van der Waals surface area contributed by atoms with Crippen molar-refractivity contribution in [3.63, 3.8) is 0 Å². The van der Waals surface area contributed by atoms with Gasteiger partial charge in [-0.15, -0.1) is 0 Å². The average Bonchev–Trinajstić information content (AvgIpc) is 2.72. The number of anilines is 1. The molecule has 1 N–H and O–H groups in total. The molecule has 0 radical (unpaired) electrons. The van der Waals surface area contributed by atoms with Crippen LogP contribution in [0.5, 0.6) is 5.75 Å². The van der Waals surface area contributed by atoms with Crippen molar-refractivity contribution in [2.45, 2.75) is 24.8 Å². The highest BCUT2D eigenvalue weighted by Gasteiger charge is 2.26. The Bertz CT molecular complexity index is 1020. The first-order chi connectivity index (χ1) is 14.2. The van der Waals surface area contributed by atoms with Gasteiger partial charge in [-0.05, 0) is 50.2 Å². The van der Waals surface area contributed by atoms with Gasteiger partial charge in [-0.3, -0.25) is 4.79 Å². The van der Waals surface area contributed by atoms with Crippen LogP contribution in [0.4, 0.5) is 5.69 Å². The van der Waals surface area contributed by atoms with Crippen molar-refractivity contribution in [1.82, 2.24) is 9.62 Å². The predicted octanol–water partition coefficient (Wildman–Crippen LogP) is 3.00. The summed E-state index contributed by atoms with van der Waals surface area (Å²) < 4.78 is 33.1. The summed E-state index contributed by atoms with van der Waals surface area (Å²) in [5.74, 6) is -0.00475. The molecule has 0 bridgehead atoms. The normalized spacial score (nSPS) is 14.8. The van der Waals surface area contributed by atoms with Crippen LogP contribution in [0.25, 0.3) is 0 Å². The van der Waals surface area contributed by atoms with E-state index in [9.17, 15) is 13.2 Å². The zero-order valence-corrected chi connectivity index (χ0v) is 18.8. The number of ether oxygens (including phenoxy) is 1. The molecule has 1 fully saturated rings. The minimum Gasteiger partial charge on any atom is -0.495 e. The van der Waals surface area contributed by atoms with E-state index >= 15 is 0 Å². The Balaban J connectivity index is 1.77. The Hall–Kier alpha value is -2.29. The van der Waals surface area contributed by atoms with Crippen LogP contribution in [0.3, 0.4) is 0 Å². The number of halogens is 1. The fourth-order valence-electron chi connectivity index (χ4n) is 3.42. The molecule has 30 heavy (non-hydrogen) atoms. The summed E-state index contributed by atoms with van der Waals surface area (Å²) in [6, 6.07) is 11.8. The van der Waals surface area contributed by atoms with E-state index < -0.39 is 10.0 Å². The molecule has 0 aliphatic carbocycles. The molecule has 9 heteroatoms. The summed E-state index contributed by atoms with van der Waals surface area (Å²) >= 11 is 6.08. The third kappa shape index (κ3) is 5.06. The standard InChI is InChI=1S/C21H26ClN3O4S/c1-15(2)23-30(27,28)20-13-16(7-8-19(20)29-3)21(26)25-11-9-24(10-12-25)18-6-4-5-17(22)14-18/h4-8,13-15,23H,9-12H2,1-3H3. The SMILES string of the molecule is COc1ccc(C(=O)N2CCN(c3cccc(Cl)c3)CC2)cc1S(=O)(=O)NC(C)C. The third-order valence-electron chi connectivity index (χ3n) is 4.83. The van der Waals surface area contributed by atoms with E-state index in [-0.39, 0.29) is 22.6 Å². The monoisotopic (exact) mass is 451 g/mol. The molecule has 0 aromatic heterocycles. The second kappa shape index (κ2) is 9.24. The maximum Gasteiger partial charge on any atom is 0.254 e. The number of benzene rings is 2. The first-order valence-electron chi connectivity index (χ1n) is 9.71. The highest BCUT2D eigenvalue weighted by molar-refractivity contribution is 7.89. The van der Waals surface area contributed by atoms with Crippen molar-refractivity contribution >= 4 is 33.2 Å². The molecule has 0 atom stereocenters. The van der Waals surface area contributed by atoms with Crippen LogP contribution in [0.2, 0.25) is 5.02 Å². The van der Waals surface area contributed by atoms with Gasteiger partial charge >= 0.3 is 0 Å². The van der Waals surface area contributed by atoms with Gasteiger partial charge in [-0.1, -0.05) is 17.7 Å². The first-order valence-corrected chi connectivity index (χ1v) is 11.6. The van der Waals surface area contributed by atoms with E-state index in [1.807, 2.05) is 24.3 Å². The molecule has 0 saturated carbocycles. The molecule has 162 valence electrons. The number of nitrogens with zero attached hydrogens (tertiary/aromatic N) is 2. The summed E-state index contributed by atoms with van der Waals surface area (Å²) in [5.41, 5.74) is 1.34. The van der Waals surface area contributed by atoms with Gasteiger partial charge in [0.05, 0.1) is 7.11 Å². The highest BCUT2D eigenvalue weighted by atomic mass is 35.5. The molecule has 7 nitrogen and oxygen atoms in total. The minimum atomic E-state index is -3.80. The number of methoxy groups -OCH3 is 1. The fourth-order valence-corrected chi connectivity index (χ4v) is 5.05. The van der Waals surface area contributed by atoms with Crippen molar-refractivity contribution in [3.05, 3.63) is 53.1 Å². The zero-order valence-electron chi connectivity index (χ0n) is 17.3. The Morgan fingerprint density at radius 1 is 1.10 bits per heavy atom. The summed E-state index contributed by atoms with van der Waals surface area (Å²) in [7, 11) is -2.40. The largest absolute Gasteiger partial charge is 0.495 e. The lowest BCUT2D eigenvalue weighted by molar-refractivity contribution is 0.0746. The maximum absolute atomic E-state index is 13.0. The average molecular weight is 452 g/mol. The predicted molar refractivity (Wildman–Crippen MR) is 118 cm³/mol. The van der Waals surface area contributed by atoms with E-state index in [1.165, 1.54) is 19.2 Å². The van der Waals surface area contributed by atoms with Crippen LogP contribution in [0.15, 0.2) is 47.4 Å².